The molecule has 0 saturated carbocycles. The van der Waals surface area contributed by atoms with Gasteiger partial charge in [-0.1, -0.05) is 18.2 Å². The van der Waals surface area contributed by atoms with E-state index in [9.17, 15) is 8.78 Å². The molecule has 0 aromatic heterocycles. The Kier molecular flexibility index (Phi) is 4.84. The summed E-state index contributed by atoms with van der Waals surface area (Å²) < 4.78 is 29.1. The summed E-state index contributed by atoms with van der Waals surface area (Å²) in [5, 5.41) is 0. The molecule has 106 valence electrons. The molecule has 0 saturated heterocycles. The maximum atomic E-state index is 12.3. The first-order valence-electron chi connectivity index (χ1n) is 6.08. The summed E-state index contributed by atoms with van der Waals surface area (Å²) >= 11 is 1.56. The minimum absolute atomic E-state index is 0.224. The van der Waals surface area contributed by atoms with Gasteiger partial charge in [0.2, 0.25) is 0 Å². The van der Waals surface area contributed by atoms with Crippen molar-refractivity contribution in [2.24, 2.45) is 0 Å². The molecule has 2 N–H and O–H groups in total. The van der Waals surface area contributed by atoms with Crippen LogP contribution in [0, 0.1) is 6.92 Å². The van der Waals surface area contributed by atoms with E-state index in [4.69, 9.17) is 5.73 Å². The van der Waals surface area contributed by atoms with Crippen LogP contribution in [0.3, 0.4) is 0 Å². The lowest BCUT2D eigenvalue weighted by atomic mass is 10.2. The maximum Gasteiger partial charge on any atom is 0.387 e. The van der Waals surface area contributed by atoms with Gasteiger partial charge >= 0.3 is 6.61 Å². The zero-order chi connectivity index (χ0) is 14.5. The van der Waals surface area contributed by atoms with Crippen molar-refractivity contribution < 1.29 is 13.5 Å². The van der Waals surface area contributed by atoms with Crippen LogP contribution in [0.1, 0.15) is 11.1 Å². The van der Waals surface area contributed by atoms with Crippen LogP contribution in [-0.2, 0) is 5.75 Å². The molecule has 0 aliphatic rings. The van der Waals surface area contributed by atoms with Crippen LogP contribution < -0.4 is 10.5 Å². The van der Waals surface area contributed by atoms with Gasteiger partial charge in [0.15, 0.2) is 0 Å². The van der Waals surface area contributed by atoms with E-state index in [0.29, 0.717) is 5.75 Å². The second kappa shape index (κ2) is 6.61. The van der Waals surface area contributed by atoms with Crippen molar-refractivity contribution in [1.29, 1.82) is 0 Å². The van der Waals surface area contributed by atoms with E-state index in [-0.39, 0.29) is 5.75 Å². The lowest BCUT2D eigenvalue weighted by Crippen LogP contribution is -2.03. The maximum absolute atomic E-state index is 12.3. The van der Waals surface area contributed by atoms with Crippen LogP contribution in [-0.4, -0.2) is 6.61 Å². The van der Waals surface area contributed by atoms with E-state index < -0.39 is 6.61 Å². The van der Waals surface area contributed by atoms with Crippen molar-refractivity contribution in [3.63, 3.8) is 0 Å². The number of para-hydroxylation sites is 1. The standard InChI is InChI=1S/C15H15F2NOS/c1-10-8-12(6-7-13(10)18)20-9-11-4-2-3-5-14(11)19-15(16)17/h2-8,15H,9,18H2,1H3. The van der Waals surface area contributed by atoms with Crippen molar-refractivity contribution in [1.82, 2.24) is 0 Å². The third-order valence-corrected chi connectivity index (χ3v) is 3.87. The Labute approximate surface area is 120 Å². The van der Waals surface area contributed by atoms with Crippen molar-refractivity contribution in [3.05, 3.63) is 53.6 Å². The molecule has 2 aromatic carbocycles. The van der Waals surface area contributed by atoms with E-state index >= 15 is 0 Å². The molecule has 2 aromatic rings. The predicted octanol–water partition coefficient (Wildman–Crippen LogP) is 4.47. The largest absolute Gasteiger partial charge is 0.435 e. The molecule has 0 bridgehead atoms. The number of hydrogen-bond donors (Lipinski definition) is 1. The summed E-state index contributed by atoms with van der Waals surface area (Å²) in [4.78, 5) is 1.04. The average Bonchev–Trinajstić information content (AvgIpc) is 2.41. The van der Waals surface area contributed by atoms with E-state index in [1.165, 1.54) is 0 Å². The first-order valence-corrected chi connectivity index (χ1v) is 7.06. The monoisotopic (exact) mass is 295 g/mol. The third kappa shape index (κ3) is 3.87. The smallest absolute Gasteiger partial charge is 0.387 e. The van der Waals surface area contributed by atoms with Crippen LogP contribution >= 0.6 is 11.8 Å². The Morgan fingerprint density at radius 1 is 1.20 bits per heavy atom. The number of aryl methyl sites for hydroxylation is 1. The second-order valence-electron chi connectivity index (χ2n) is 4.29. The molecule has 0 aliphatic heterocycles. The number of nitrogen functional groups attached to an aromatic ring is 1. The van der Waals surface area contributed by atoms with Gasteiger partial charge in [0.05, 0.1) is 0 Å². The van der Waals surface area contributed by atoms with Gasteiger partial charge in [-0.3, -0.25) is 0 Å². The van der Waals surface area contributed by atoms with Gasteiger partial charge in [0, 0.05) is 21.9 Å². The van der Waals surface area contributed by atoms with Gasteiger partial charge in [-0.25, -0.2) is 0 Å². The Hall–Kier alpha value is -1.75. The van der Waals surface area contributed by atoms with E-state index in [2.05, 4.69) is 4.74 Å². The van der Waals surface area contributed by atoms with E-state index in [1.807, 2.05) is 31.2 Å². The molecule has 0 spiro atoms. The molecule has 5 heteroatoms. The van der Waals surface area contributed by atoms with Crippen LogP contribution in [0.25, 0.3) is 0 Å². The van der Waals surface area contributed by atoms with Gasteiger partial charge in [0.1, 0.15) is 5.75 Å². The molecule has 0 amide bonds. The van der Waals surface area contributed by atoms with E-state index in [0.717, 1.165) is 21.7 Å². The summed E-state index contributed by atoms with van der Waals surface area (Å²) in [5.41, 5.74) is 8.26. The van der Waals surface area contributed by atoms with Crippen LogP contribution in [0.5, 0.6) is 5.75 Å². The van der Waals surface area contributed by atoms with Crippen molar-refractivity contribution in [2.75, 3.05) is 5.73 Å². The molecule has 0 radical (unpaired) electrons. The first-order chi connectivity index (χ1) is 9.56. The van der Waals surface area contributed by atoms with Crippen LogP contribution in [0.4, 0.5) is 14.5 Å². The van der Waals surface area contributed by atoms with Crippen LogP contribution in [0.15, 0.2) is 47.4 Å². The summed E-state index contributed by atoms with van der Waals surface area (Å²) in [6.45, 7) is -0.868. The summed E-state index contributed by atoms with van der Waals surface area (Å²) in [6, 6.07) is 12.6. The fourth-order valence-corrected chi connectivity index (χ4v) is 2.72. The number of ether oxygens (including phenoxy) is 1. The molecule has 20 heavy (non-hydrogen) atoms. The molecule has 0 atom stereocenters. The molecule has 0 fully saturated rings. The number of benzene rings is 2. The topological polar surface area (TPSA) is 35.2 Å². The highest BCUT2D eigenvalue weighted by Crippen LogP contribution is 2.30. The minimum Gasteiger partial charge on any atom is -0.435 e. The summed E-state index contributed by atoms with van der Waals surface area (Å²) in [6.07, 6.45) is 0. The summed E-state index contributed by atoms with van der Waals surface area (Å²) in [7, 11) is 0. The molecule has 0 aliphatic carbocycles. The first kappa shape index (κ1) is 14.7. The Morgan fingerprint density at radius 2 is 1.95 bits per heavy atom. The molecular weight excluding hydrogens is 280 g/mol. The molecule has 0 heterocycles. The summed E-state index contributed by atoms with van der Waals surface area (Å²) in [5.74, 6) is 0.786. The fourth-order valence-electron chi connectivity index (χ4n) is 1.73. The highest BCUT2D eigenvalue weighted by Gasteiger charge is 2.09. The predicted molar refractivity (Wildman–Crippen MR) is 78.2 cm³/mol. The second-order valence-corrected chi connectivity index (χ2v) is 5.34. The average molecular weight is 295 g/mol. The van der Waals surface area contributed by atoms with Crippen molar-refractivity contribution in [2.45, 2.75) is 24.2 Å². The highest BCUT2D eigenvalue weighted by atomic mass is 32.2. The fraction of sp³-hybridized carbons (Fsp3) is 0.200. The van der Waals surface area contributed by atoms with E-state index in [1.54, 1.807) is 30.0 Å². The molecular formula is C15H15F2NOS. The normalized spacial score (nSPS) is 10.8. The number of alkyl halides is 2. The Balaban J connectivity index is 2.08. The number of nitrogens with two attached hydrogens (primary N) is 1. The van der Waals surface area contributed by atoms with Gasteiger partial charge in [-0.05, 0) is 36.8 Å². The number of thioether (sulfide) groups is 1. The SMILES string of the molecule is Cc1cc(SCc2ccccc2OC(F)F)ccc1N. The number of halogens is 2. The number of hydrogen-bond acceptors (Lipinski definition) is 3. The lowest BCUT2D eigenvalue weighted by Gasteiger charge is -2.10. The molecule has 0 unspecified atom stereocenters. The van der Waals surface area contributed by atoms with Gasteiger partial charge in [-0.2, -0.15) is 8.78 Å². The molecule has 2 nitrogen and oxygen atoms in total. The Morgan fingerprint density at radius 3 is 2.65 bits per heavy atom. The van der Waals surface area contributed by atoms with Gasteiger partial charge in [-0.15, -0.1) is 11.8 Å². The Bertz CT molecular complexity index is 590. The quantitative estimate of drug-likeness (QED) is 0.653. The third-order valence-electron chi connectivity index (χ3n) is 2.82. The highest BCUT2D eigenvalue weighted by molar-refractivity contribution is 7.98. The zero-order valence-corrected chi connectivity index (χ0v) is 11.8. The van der Waals surface area contributed by atoms with Crippen molar-refractivity contribution >= 4 is 17.4 Å². The van der Waals surface area contributed by atoms with Crippen molar-refractivity contribution in [3.8, 4) is 5.75 Å². The van der Waals surface area contributed by atoms with Gasteiger partial charge in [0.25, 0.3) is 0 Å². The number of rotatable bonds is 5. The van der Waals surface area contributed by atoms with Gasteiger partial charge < -0.3 is 10.5 Å². The molecule has 2 rings (SSSR count). The number of anilines is 1. The minimum atomic E-state index is -2.81. The van der Waals surface area contributed by atoms with Crippen LogP contribution in [0.2, 0.25) is 0 Å². The zero-order valence-electron chi connectivity index (χ0n) is 11.0. The lowest BCUT2D eigenvalue weighted by molar-refractivity contribution is -0.0503.